The van der Waals surface area contributed by atoms with Crippen LogP contribution in [0.2, 0.25) is 0 Å². The van der Waals surface area contributed by atoms with Crippen molar-refractivity contribution in [3.8, 4) is 11.5 Å². The monoisotopic (exact) mass is 532 g/mol. The fraction of sp³-hybridized carbons (Fsp3) is 0.270. The lowest BCUT2D eigenvalue weighted by Crippen LogP contribution is -2.00. The smallest absolute Gasteiger partial charge is 0.159 e. The van der Waals surface area contributed by atoms with E-state index in [0.717, 1.165) is 77.4 Å². The Bertz CT molecular complexity index is 1370. The van der Waals surface area contributed by atoms with E-state index in [4.69, 9.17) is 9.47 Å². The number of Topliss-reactive ketones (excluding diaryl/α,β-unsaturated/α-hetero) is 1. The van der Waals surface area contributed by atoms with E-state index < -0.39 is 0 Å². The largest absolute Gasteiger partial charge is 0.494 e. The van der Waals surface area contributed by atoms with Crippen LogP contribution >= 0.6 is 0 Å². The maximum atomic E-state index is 12.0. The molecule has 3 nitrogen and oxygen atoms in total. The van der Waals surface area contributed by atoms with E-state index >= 15 is 0 Å². The average Bonchev–Trinajstić information content (AvgIpc) is 3.00. The highest BCUT2D eigenvalue weighted by atomic mass is 16.5. The van der Waals surface area contributed by atoms with Gasteiger partial charge in [0.25, 0.3) is 0 Å². The number of hydrogen-bond donors (Lipinski definition) is 0. The first-order valence-corrected chi connectivity index (χ1v) is 14.5. The van der Waals surface area contributed by atoms with Gasteiger partial charge in [-0.05, 0) is 77.4 Å². The van der Waals surface area contributed by atoms with Gasteiger partial charge in [0.1, 0.15) is 11.5 Å². The lowest BCUT2D eigenvalue weighted by Gasteiger charge is -2.19. The van der Waals surface area contributed by atoms with Crippen LogP contribution in [-0.4, -0.2) is 19.0 Å². The third-order valence-corrected chi connectivity index (χ3v) is 6.96. The van der Waals surface area contributed by atoms with Crippen LogP contribution in [0.1, 0.15) is 85.5 Å². The predicted molar refractivity (Wildman–Crippen MR) is 166 cm³/mol. The van der Waals surface area contributed by atoms with Gasteiger partial charge in [0.15, 0.2) is 5.78 Å². The minimum absolute atomic E-state index is 0.0604. The first-order valence-electron chi connectivity index (χ1n) is 14.5. The molecule has 4 aromatic carbocycles. The summed E-state index contributed by atoms with van der Waals surface area (Å²) in [7, 11) is 0. The van der Waals surface area contributed by atoms with Crippen molar-refractivity contribution in [3.05, 3.63) is 131 Å². The summed E-state index contributed by atoms with van der Waals surface area (Å²) in [5, 5.41) is 0. The molecule has 0 N–H and O–H groups in total. The van der Waals surface area contributed by atoms with Crippen LogP contribution in [0, 0.1) is 0 Å². The second-order valence-electron chi connectivity index (χ2n) is 10.1. The molecular formula is C37H40O3. The number of benzene rings is 4. The molecular weight excluding hydrogens is 492 g/mol. The zero-order valence-electron chi connectivity index (χ0n) is 24.0. The Morgan fingerprint density at radius 1 is 0.500 bits per heavy atom. The van der Waals surface area contributed by atoms with Crippen LogP contribution < -0.4 is 9.47 Å². The highest BCUT2D eigenvalue weighted by Crippen LogP contribution is 2.38. The first-order chi connectivity index (χ1) is 19.6. The highest BCUT2D eigenvalue weighted by Gasteiger charge is 2.17. The summed E-state index contributed by atoms with van der Waals surface area (Å²) in [5.74, 6) is 1.82. The lowest BCUT2D eigenvalue weighted by atomic mass is 9.85. The Hall–Kier alpha value is -4.11. The molecule has 0 atom stereocenters. The minimum Gasteiger partial charge on any atom is -0.494 e. The van der Waals surface area contributed by atoms with Crippen molar-refractivity contribution >= 4 is 16.9 Å². The van der Waals surface area contributed by atoms with Gasteiger partial charge in [-0.2, -0.15) is 0 Å². The molecule has 0 aromatic heterocycles. The molecule has 0 fully saturated rings. The van der Waals surface area contributed by atoms with Crippen molar-refractivity contribution in [3.63, 3.8) is 0 Å². The second kappa shape index (κ2) is 14.9. The van der Waals surface area contributed by atoms with Crippen LogP contribution in [0.3, 0.4) is 0 Å². The van der Waals surface area contributed by atoms with Crippen LogP contribution in [0.5, 0.6) is 11.5 Å². The molecule has 4 aromatic rings. The van der Waals surface area contributed by atoms with Crippen molar-refractivity contribution in [1.29, 1.82) is 0 Å². The molecule has 0 aliphatic heterocycles. The Labute approximate surface area is 239 Å². The molecule has 0 spiro atoms. The van der Waals surface area contributed by atoms with Gasteiger partial charge in [0.2, 0.25) is 0 Å². The van der Waals surface area contributed by atoms with Gasteiger partial charge in [0.05, 0.1) is 13.2 Å². The molecule has 0 saturated carbocycles. The molecule has 0 saturated heterocycles. The molecule has 0 bridgehead atoms. The highest BCUT2D eigenvalue weighted by molar-refractivity contribution is 6.05. The third kappa shape index (κ3) is 7.72. The molecule has 0 aliphatic rings. The third-order valence-electron chi connectivity index (χ3n) is 6.96. The number of unbranched alkanes of at least 4 members (excludes halogenated alkanes) is 3. The van der Waals surface area contributed by atoms with Gasteiger partial charge in [-0.15, -0.1) is 0 Å². The van der Waals surface area contributed by atoms with Crippen LogP contribution in [-0.2, 0) is 0 Å². The number of ketones is 1. The Kier molecular flexibility index (Phi) is 10.7. The second-order valence-corrected chi connectivity index (χ2v) is 10.1. The van der Waals surface area contributed by atoms with Crippen molar-refractivity contribution < 1.29 is 14.3 Å². The quantitative estimate of drug-likeness (QED) is 0.0921. The maximum Gasteiger partial charge on any atom is 0.159 e. The topological polar surface area (TPSA) is 35.5 Å². The summed E-state index contributed by atoms with van der Waals surface area (Å²) in [6.45, 7) is 7.41. The van der Waals surface area contributed by atoms with Crippen LogP contribution in [0.15, 0.2) is 103 Å². The van der Waals surface area contributed by atoms with Gasteiger partial charge < -0.3 is 9.47 Å². The maximum absolute atomic E-state index is 12.0. The number of hydrogen-bond acceptors (Lipinski definition) is 3. The molecule has 0 radical (unpaired) electrons. The number of ether oxygens (including phenoxy) is 2. The van der Waals surface area contributed by atoms with Crippen molar-refractivity contribution in [2.45, 2.75) is 52.9 Å². The standard InChI is InChI=1S/C37H40O3/c1-4-6-11-27-40-35-24-20-33(21-25-35)37(32-18-22-34(23-19-32)39-26-7-5-2)36(30-12-9-8-10-13-30)31-16-14-29(15-17-31)28(3)38/h8-10,12-25H,4-7,11,26-27H2,1-3H3/b37-36-. The Morgan fingerprint density at radius 2 is 0.900 bits per heavy atom. The number of carbonyl (C=O) groups excluding carboxylic acids is 1. The molecule has 0 heterocycles. The average molecular weight is 533 g/mol. The number of carbonyl (C=O) groups is 1. The summed E-state index contributed by atoms with van der Waals surface area (Å²) in [6.07, 6.45) is 5.55. The van der Waals surface area contributed by atoms with Crippen molar-refractivity contribution in [2.24, 2.45) is 0 Å². The summed E-state index contributed by atoms with van der Waals surface area (Å²) < 4.78 is 12.0. The minimum atomic E-state index is 0.0604. The number of rotatable bonds is 14. The van der Waals surface area contributed by atoms with E-state index in [1.165, 1.54) is 12.8 Å². The summed E-state index contributed by atoms with van der Waals surface area (Å²) in [5.41, 5.74) is 7.26. The first kappa shape index (κ1) is 28.9. The molecule has 4 rings (SSSR count). The zero-order chi connectivity index (χ0) is 28.2. The molecule has 40 heavy (non-hydrogen) atoms. The van der Waals surface area contributed by atoms with Crippen molar-refractivity contribution in [2.75, 3.05) is 13.2 Å². The predicted octanol–water partition coefficient (Wildman–Crippen LogP) is 9.64. The lowest BCUT2D eigenvalue weighted by molar-refractivity contribution is 0.101. The molecule has 0 aliphatic carbocycles. The van der Waals surface area contributed by atoms with Crippen LogP contribution in [0.25, 0.3) is 11.1 Å². The molecule has 206 valence electrons. The molecule has 3 heteroatoms. The van der Waals surface area contributed by atoms with Gasteiger partial charge in [-0.25, -0.2) is 0 Å². The fourth-order valence-corrected chi connectivity index (χ4v) is 4.70. The van der Waals surface area contributed by atoms with Gasteiger partial charge in [-0.1, -0.05) is 112 Å². The van der Waals surface area contributed by atoms with E-state index in [9.17, 15) is 4.79 Å². The van der Waals surface area contributed by atoms with Crippen LogP contribution in [0.4, 0.5) is 0 Å². The summed E-state index contributed by atoms with van der Waals surface area (Å²) in [4.78, 5) is 12.0. The van der Waals surface area contributed by atoms with Gasteiger partial charge in [0, 0.05) is 5.56 Å². The molecule has 0 amide bonds. The van der Waals surface area contributed by atoms with E-state index in [-0.39, 0.29) is 5.78 Å². The van der Waals surface area contributed by atoms with E-state index in [2.05, 4.69) is 86.6 Å². The zero-order valence-corrected chi connectivity index (χ0v) is 24.0. The van der Waals surface area contributed by atoms with E-state index in [0.29, 0.717) is 5.56 Å². The van der Waals surface area contributed by atoms with E-state index in [1.807, 2.05) is 30.3 Å². The van der Waals surface area contributed by atoms with Gasteiger partial charge >= 0.3 is 0 Å². The summed E-state index contributed by atoms with van der Waals surface area (Å²) in [6, 6.07) is 35.2. The molecule has 0 unspecified atom stereocenters. The Morgan fingerprint density at radius 3 is 1.35 bits per heavy atom. The Balaban J connectivity index is 1.84. The fourth-order valence-electron chi connectivity index (χ4n) is 4.70. The van der Waals surface area contributed by atoms with Gasteiger partial charge in [-0.3, -0.25) is 4.79 Å². The SMILES string of the molecule is CCCCCOc1ccc(/C(=C(/c2ccccc2)c2ccc(C(C)=O)cc2)c2ccc(OCCCC)cc2)cc1. The van der Waals surface area contributed by atoms with E-state index in [1.54, 1.807) is 6.92 Å². The summed E-state index contributed by atoms with van der Waals surface area (Å²) >= 11 is 0. The normalized spacial score (nSPS) is 11.6. The van der Waals surface area contributed by atoms with Crippen molar-refractivity contribution in [1.82, 2.24) is 0 Å².